The third kappa shape index (κ3) is 6.07. The fraction of sp³-hybridized carbons (Fsp3) is 0.429. The molecule has 0 heterocycles. The molecule has 2 heteroatoms. The van der Waals surface area contributed by atoms with Crippen molar-refractivity contribution in [2.75, 3.05) is 13.2 Å². The lowest BCUT2D eigenvalue weighted by atomic mass is 10.0. The zero-order valence-electron chi connectivity index (χ0n) is 14.4. The molecule has 1 N–H and O–H groups in total. The number of unbranched alkanes of at least 4 members (excludes halogenated alkanes) is 1. The first kappa shape index (κ1) is 17.6. The predicted octanol–water partition coefficient (Wildman–Crippen LogP) is 5.15. The lowest BCUT2D eigenvalue weighted by molar-refractivity contribution is 0.309. The lowest BCUT2D eigenvalue weighted by Gasteiger charge is -2.18. The molecule has 124 valence electrons. The SMILES string of the molecule is CCCCOc1ccc(C(CC)NCCc2ccccc2)cc1. The van der Waals surface area contributed by atoms with Gasteiger partial charge in [0.15, 0.2) is 0 Å². The zero-order valence-corrected chi connectivity index (χ0v) is 14.4. The Kier molecular flexibility index (Phi) is 7.68. The van der Waals surface area contributed by atoms with Crippen molar-refractivity contribution >= 4 is 0 Å². The molecule has 2 rings (SSSR count). The summed E-state index contributed by atoms with van der Waals surface area (Å²) in [5, 5.41) is 3.67. The molecule has 0 aromatic heterocycles. The molecule has 23 heavy (non-hydrogen) atoms. The smallest absolute Gasteiger partial charge is 0.119 e. The van der Waals surface area contributed by atoms with Gasteiger partial charge >= 0.3 is 0 Å². The average molecular weight is 311 g/mol. The van der Waals surface area contributed by atoms with Crippen molar-refractivity contribution in [2.45, 2.75) is 45.6 Å². The maximum absolute atomic E-state index is 5.73. The largest absolute Gasteiger partial charge is 0.494 e. The number of hydrogen-bond donors (Lipinski definition) is 1. The number of benzene rings is 2. The second-order valence-electron chi connectivity index (χ2n) is 5.92. The minimum atomic E-state index is 0.406. The standard InChI is InChI=1S/C21H29NO/c1-3-5-17-23-20-13-11-19(12-14-20)21(4-2)22-16-15-18-9-7-6-8-10-18/h6-14,21-22H,3-5,15-17H2,1-2H3. The molecular formula is C21H29NO. The van der Waals surface area contributed by atoms with Gasteiger partial charge in [0.2, 0.25) is 0 Å². The highest BCUT2D eigenvalue weighted by Gasteiger charge is 2.08. The summed E-state index contributed by atoms with van der Waals surface area (Å²) < 4.78 is 5.73. The van der Waals surface area contributed by atoms with Gasteiger partial charge in [0, 0.05) is 6.04 Å². The van der Waals surface area contributed by atoms with Crippen molar-refractivity contribution < 1.29 is 4.74 Å². The van der Waals surface area contributed by atoms with Crippen LogP contribution in [0.1, 0.15) is 50.3 Å². The van der Waals surface area contributed by atoms with Crippen LogP contribution in [0.2, 0.25) is 0 Å². The molecule has 0 aliphatic heterocycles. The minimum Gasteiger partial charge on any atom is -0.494 e. The highest BCUT2D eigenvalue weighted by molar-refractivity contribution is 5.29. The van der Waals surface area contributed by atoms with E-state index in [2.05, 4.69) is 73.8 Å². The lowest BCUT2D eigenvalue weighted by Crippen LogP contribution is -2.23. The summed E-state index contributed by atoms with van der Waals surface area (Å²) in [7, 11) is 0. The molecule has 0 saturated heterocycles. The van der Waals surface area contributed by atoms with Gasteiger partial charge in [0.25, 0.3) is 0 Å². The maximum atomic E-state index is 5.73. The Morgan fingerprint density at radius 2 is 1.70 bits per heavy atom. The van der Waals surface area contributed by atoms with E-state index in [9.17, 15) is 0 Å². The van der Waals surface area contributed by atoms with E-state index in [-0.39, 0.29) is 0 Å². The van der Waals surface area contributed by atoms with Crippen molar-refractivity contribution in [1.82, 2.24) is 5.32 Å². The third-order valence-electron chi connectivity index (χ3n) is 4.10. The van der Waals surface area contributed by atoms with Crippen LogP contribution in [0.25, 0.3) is 0 Å². The van der Waals surface area contributed by atoms with Crippen LogP contribution >= 0.6 is 0 Å². The van der Waals surface area contributed by atoms with Gasteiger partial charge in [-0.1, -0.05) is 62.7 Å². The molecule has 0 aliphatic rings. The number of rotatable bonds is 10. The summed E-state index contributed by atoms with van der Waals surface area (Å²) >= 11 is 0. The average Bonchev–Trinajstić information content (AvgIpc) is 2.61. The molecule has 2 aromatic rings. The van der Waals surface area contributed by atoms with Crippen LogP contribution in [-0.2, 0) is 6.42 Å². The highest BCUT2D eigenvalue weighted by Crippen LogP contribution is 2.20. The molecule has 1 unspecified atom stereocenters. The van der Waals surface area contributed by atoms with Gasteiger partial charge in [-0.05, 0) is 49.1 Å². The molecular weight excluding hydrogens is 282 g/mol. The van der Waals surface area contributed by atoms with Crippen molar-refractivity contribution in [3.63, 3.8) is 0 Å². The molecule has 0 saturated carbocycles. The summed E-state index contributed by atoms with van der Waals surface area (Å²) in [5.74, 6) is 0.973. The Morgan fingerprint density at radius 1 is 0.957 bits per heavy atom. The first-order valence-electron chi connectivity index (χ1n) is 8.83. The quantitative estimate of drug-likeness (QED) is 0.613. The van der Waals surface area contributed by atoms with Gasteiger partial charge in [-0.3, -0.25) is 0 Å². The van der Waals surface area contributed by atoms with Crippen LogP contribution in [0.5, 0.6) is 5.75 Å². The Bertz CT molecular complexity index is 536. The Balaban J connectivity index is 1.82. The van der Waals surface area contributed by atoms with E-state index in [0.29, 0.717) is 6.04 Å². The molecule has 0 bridgehead atoms. The van der Waals surface area contributed by atoms with Gasteiger partial charge < -0.3 is 10.1 Å². The van der Waals surface area contributed by atoms with Crippen molar-refractivity contribution in [3.8, 4) is 5.75 Å². The summed E-state index contributed by atoms with van der Waals surface area (Å²) in [6.45, 7) is 6.21. The Hall–Kier alpha value is -1.80. The van der Waals surface area contributed by atoms with E-state index in [4.69, 9.17) is 4.74 Å². The maximum Gasteiger partial charge on any atom is 0.119 e. The number of ether oxygens (including phenoxy) is 1. The fourth-order valence-corrected chi connectivity index (χ4v) is 2.66. The Labute approximate surface area is 140 Å². The molecule has 0 amide bonds. The van der Waals surface area contributed by atoms with E-state index in [1.807, 2.05) is 0 Å². The number of nitrogens with one attached hydrogen (secondary N) is 1. The Morgan fingerprint density at radius 3 is 2.35 bits per heavy atom. The van der Waals surface area contributed by atoms with Gasteiger partial charge in [0.05, 0.1) is 6.61 Å². The molecule has 2 aromatic carbocycles. The second-order valence-corrected chi connectivity index (χ2v) is 5.92. The summed E-state index contributed by atoms with van der Waals surface area (Å²) in [4.78, 5) is 0. The molecule has 0 fully saturated rings. The normalized spacial score (nSPS) is 12.1. The van der Waals surface area contributed by atoms with Crippen LogP contribution < -0.4 is 10.1 Å². The van der Waals surface area contributed by atoms with Crippen molar-refractivity contribution in [3.05, 3.63) is 65.7 Å². The van der Waals surface area contributed by atoms with Gasteiger partial charge in [-0.25, -0.2) is 0 Å². The van der Waals surface area contributed by atoms with Crippen LogP contribution in [-0.4, -0.2) is 13.2 Å². The molecule has 2 nitrogen and oxygen atoms in total. The first-order chi connectivity index (χ1) is 11.3. The zero-order chi connectivity index (χ0) is 16.3. The van der Waals surface area contributed by atoms with Crippen molar-refractivity contribution in [1.29, 1.82) is 0 Å². The van der Waals surface area contributed by atoms with E-state index < -0.39 is 0 Å². The molecule has 0 radical (unpaired) electrons. The predicted molar refractivity (Wildman–Crippen MR) is 98.0 cm³/mol. The minimum absolute atomic E-state index is 0.406. The van der Waals surface area contributed by atoms with Crippen LogP contribution in [0, 0.1) is 0 Å². The fourth-order valence-electron chi connectivity index (χ4n) is 2.66. The van der Waals surface area contributed by atoms with Gasteiger partial charge in [0.1, 0.15) is 5.75 Å². The topological polar surface area (TPSA) is 21.3 Å². The molecule has 0 aliphatic carbocycles. The molecule has 1 atom stereocenters. The van der Waals surface area contributed by atoms with E-state index >= 15 is 0 Å². The van der Waals surface area contributed by atoms with Gasteiger partial charge in [-0.2, -0.15) is 0 Å². The summed E-state index contributed by atoms with van der Waals surface area (Å²) in [6.07, 6.45) is 4.43. The summed E-state index contributed by atoms with van der Waals surface area (Å²) in [5.41, 5.74) is 2.72. The van der Waals surface area contributed by atoms with Crippen LogP contribution in [0.3, 0.4) is 0 Å². The van der Waals surface area contributed by atoms with Gasteiger partial charge in [-0.15, -0.1) is 0 Å². The molecule has 0 spiro atoms. The van der Waals surface area contributed by atoms with Crippen molar-refractivity contribution in [2.24, 2.45) is 0 Å². The third-order valence-corrected chi connectivity index (χ3v) is 4.10. The van der Waals surface area contributed by atoms with E-state index in [0.717, 1.165) is 38.2 Å². The first-order valence-corrected chi connectivity index (χ1v) is 8.83. The van der Waals surface area contributed by atoms with E-state index in [1.54, 1.807) is 0 Å². The van der Waals surface area contributed by atoms with E-state index in [1.165, 1.54) is 17.5 Å². The van der Waals surface area contributed by atoms with Crippen LogP contribution in [0.4, 0.5) is 0 Å². The summed E-state index contributed by atoms with van der Waals surface area (Å²) in [6, 6.07) is 19.6. The highest BCUT2D eigenvalue weighted by atomic mass is 16.5. The number of hydrogen-bond acceptors (Lipinski definition) is 2. The second kappa shape index (κ2) is 10.1. The monoisotopic (exact) mass is 311 g/mol. The van der Waals surface area contributed by atoms with Crippen LogP contribution in [0.15, 0.2) is 54.6 Å².